The second-order valence-corrected chi connectivity index (χ2v) is 5.07. The molecule has 0 radical (unpaired) electrons. The van der Waals surface area contributed by atoms with Crippen molar-refractivity contribution in [2.75, 3.05) is 0 Å². The number of aryl methyl sites for hydroxylation is 2. The molecule has 18 heavy (non-hydrogen) atoms. The standard InChI is InChI=1S/C14H18N4/c1-9-3-4-10(2)12(7-9)18-13(8-15)16-14(17-18)11-5-6-11/h3-4,7,11H,5-6,8,15H2,1-2H3. The van der Waals surface area contributed by atoms with Crippen molar-refractivity contribution >= 4 is 0 Å². The summed E-state index contributed by atoms with van der Waals surface area (Å²) in [7, 11) is 0. The molecule has 3 rings (SSSR count). The number of rotatable bonds is 3. The zero-order chi connectivity index (χ0) is 12.7. The van der Waals surface area contributed by atoms with E-state index in [1.807, 2.05) is 4.68 Å². The molecule has 1 aliphatic rings. The maximum atomic E-state index is 5.79. The average Bonchev–Trinajstić information content (AvgIpc) is 3.12. The molecule has 0 spiro atoms. The van der Waals surface area contributed by atoms with Gasteiger partial charge in [-0.3, -0.25) is 0 Å². The average molecular weight is 242 g/mol. The number of nitrogens with two attached hydrogens (primary N) is 1. The van der Waals surface area contributed by atoms with Gasteiger partial charge in [0.1, 0.15) is 5.82 Å². The van der Waals surface area contributed by atoms with Crippen molar-refractivity contribution in [3.05, 3.63) is 41.0 Å². The molecule has 1 aliphatic carbocycles. The highest BCUT2D eigenvalue weighted by Crippen LogP contribution is 2.38. The van der Waals surface area contributed by atoms with Gasteiger partial charge in [0.15, 0.2) is 5.82 Å². The monoisotopic (exact) mass is 242 g/mol. The van der Waals surface area contributed by atoms with Gasteiger partial charge in [-0.2, -0.15) is 5.10 Å². The number of nitrogens with zero attached hydrogens (tertiary/aromatic N) is 3. The molecule has 0 aliphatic heterocycles. The first-order chi connectivity index (χ1) is 8.69. The Kier molecular flexibility index (Phi) is 2.67. The minimum Gasteiger partial charge on any atom is -0.324 e. The van der Waals surface area contributed by atoms with Crippen LogP contribution in [-0.4, -0.2) is 14.8 Å². The maximum absolute atomic E-state index is 5.79. The fraction of sp³-hybridized carbons (Fsp3) is 0.429. The first kappa shape index (κ1) is 11.4. The molecule has 0 bridgehead atoms. The molecule has 0 atom stereocenters. The summed E-state index contributed by atoms with van der Waals surface area (Å²) in [6.45, 7) is 4.60. The lowest BCUT2D eigenvalue weighted by Gasteiger charge is -2.08. The Labute approximate surface area is 107 Å². The molecule has 4 nitrogen and oxygen atoms in total. The molecule has 0 unspecified atom stereocenters. The van der Waals surface area contributed by atoms with E-state index in [4.69, 9.17) is 5.73 Å². The van der Waals surface area contributed by atoms with Crippen LogP contribution in [0.3, 0.4) is 0 Å². The van der Waals surface area contributed by atoms with Crippen LogP contribution in [0, 0.1) is 13.8 Å². The first-order valence-corrected chi connectivity index (χ1v) is 6.42. The molecule has 4 heteroatoms. The fourth-order valence-electron chi connectivity index (χ4n) is 2.15. The van der Waals surface area contributed by atoms with Crippen LogP contribution in [0.25, 0.3) is 5.69 Å². The van der Waals surface area contributed by atoms with E-state index in [9.17, 15) is 0 Å². The number of hydrogen-bond donors (Lipinski definition) is 1. The Morgan fingerprint density at radius 3 is 2.78 bits per heavy atom. The second-order valence-electron chi connectivity index (χ2n) is 5.07. The quantitative estimate of drug-likeness (QED) is 0.897. The lowest BCUT2D eigenvalue weighted by molar-refractivity contribution is 0.775. The van der Waals surface area contributed by atoms with Crippen LogP contribution in [0.5, 0.6) is 0 Å². The third kappa shape index (κ3) is 1.93. The van der Waals surface area contributed by atoms with Gasteiger partial charge in [0.05, 0.1) is 12.2 Å². The summed E-state index contributed by atoms with van der Waals surface area (Å²) in [4.78, 5) is 4.56. The maximum Gasteiger partial charge on any atom is 0.154 e. The summed E-state index contributed by atoms with van der Waals surface area (Å²) in [5.74, 6) is 2.36. The predicted octanol–water partition coefficient (Wildman–Crippen LogP) is 2.22. The molecule has 2 aromatic rings. The van der Waals surface area contributed by atoms with E-state index >= 15 is 0 Å². The molecular weight excluding hydrogens is 224 g/mol. The van der Waals surface area contributed by atoms with E-state index < -0.39 is 0 Å². The third-order valence-electron chi connectivity index (χ3n) is 3.41. The molecule has 1 fully saturated rings. The molecule has 1 aromatic carbocycles. The SMILES string of the molecule is Cc1ccc(C)c(-n2nc(C3CC3)nc2CN)c1. The van der Waals surface area contributed by atoms with Crippen LogP contribution < -0.4 is 5.73 Å². The predicted molar refractivity (Wildman–Crippen MR) is 70.7 cm³/mol. The van der Waals surface area contributed by atoms with Crippen molar-refractivity contribution in [3.8, 4) is 5.69 Å². The highest BCUT2D eigenvalue weighted by molar-refractivity contribution is 5.43. The minimum atomic E-state index is 0.424. The van der Waals surface area contributed by atoms with Gasteiger partial charge < -0.3 is 5.73 Å². The Hall–Kier alpha value is -1.68. The normalized spacial score (nSPS) is 15.1. The summed E-state index contributed by atoms with van der Waals surface area (Å²) >= 11 is 0. The summed E-state index contributed by atoms with van der Waals surface area (Å²) in [6, 6.07) is 6.36. The Morgan fingerprint density at radius 1 is 1.33 bits per heavy atom. The van der Waals surface area contributed by atoms with Gasteiger partial charge in [0, 0.05) is 5.92 Å². The molecular formula is C14H18N4. The van der Waals surface area contributed by atoms with Crippen molar-refractivity contribution in [2.24, 2.45) is 5.73 Å². The zero-order valence-corrected chi connectivity index (χ0v) is 10.8. The van der Waals surface area contributed by atoms with Gasteiger partial charge in [-0.1, -0.05) is 12.1 Å². The van der Waals surface area contributed by atoms with Crippen molar-refractivity contribution in [3.63, 3.8) is 0 Å². The second kappa shape index (κ2) is 4.21. The molecule has 0 amide bonds. The lowest BCUT2D eigenvalue weighted by atomic mass is 10.1. The summed E-state index contributed by atoms with van der Waals surface area (Å²) < 4.78 is 1.91. The first-order valence-electron chi connectivity index (χ1n) is 6.42. The van der Waals surface area contributed by atoms with Gasteiger partial charge >= 0.3 is 0 Å². The fourth-order valence-corrected chi connectivity index (χ4v) is 2.15. The molecule has 2 N–H and O–H groups in total. The minimum absolute atomic E-state index is 0.424. The van der Waals surface area contributed by atoms with Crippen LogP contribution in [0.4, 0.5) is 0 Å². The smallest absolute Gasteiger partial charge is 0.154 e. The van der Waals surface area contributed by atoms with Gasteiger partial charge in [0.2, 0.25) is 0 Å². The van der Waals surface area contributed by atoms with E-state index in [1.165, 1.54) is 24.0 Å². The van der Waals surface area contributed by atoms with E-state index in [0.29, 0.717) is 12.5 Å². The van der Waals surface area contributed by atoms with Crippen molar-refractivity contribution < 1.29 is 0 Å². The van der Waals surface area contributed by atoms with Crippen LogP contribution in [0.1, 0.15) is 41.5 Å². The third-order valence-corrected chi connectivity index (χ3v) is 3.41. The molecule has 1 heterocycles. The summed E-state index contributed by atoms with van der Waals surface area (Å²) in [6.07, 6.45) is 2.42. The highest BCUT2D eigenvalue weighted by Gasteiger charge is 2.29. The van der Waals surface area contributed by atoms with Crippen LogP contribution in [-0.2, 0) is 6.54 Å². The van der Waals surface area contributed by atoms with Crippen molar-refractivity contribution in [1.82, 2.24) is 14.8 Å². The Balaban J connectivity index is 2.11. The number of benzene rings is 1. The van der Waals surface area contributed by atoms with E-state index in [0.717, 1.165) is 17.3 Å². The zero-order valence-electron chi connectivity index (χ0n) is 10.8. The van der Waals surface area contributed by atoms with Gasteiger partial charge in [-0.25, -0.2) is 9.67 Å². The topological polar surface area (TPSA) is 56.7 Å². The van der Waals surface area contributed by atoms with Gasteiger partial charge in [-0.15, -0.1) is 0 Å². The Bertz CT molecular complexity index is 581. The van der Waals surface area contributed by atoms with E-state index in [2.05, 4.69) is 42.1 Å². The number of hydrogen-bond acceptors (Lipinski definition) is 3. The molecule has 0 saturated heterocycles. The number of aromatic nitrogens is 3. The van der Waals surface area contributed by atoms with E-state index in [1.54, 1.807) is 0 Å². The van der Waals surface area contributed by atoms with Crippen molar-refractivity contribution in [2.45, 2.75) is 39.2 Å². The Morgan fingerprint density at radius 2 is 2.11 bits per heavy atom. The van der Waals surface area contributed by atoms with Crippen LogP contribution in [0.2, 0.25) is 0 Å². The highest BCUT2D eigenvalue weighted by atomic mass is 15.4. The van der Waals surface area contributed by atoms with Crippen LogP contribution in [0.15, 0.2) is 18.2 Å². The van der Waals surface area contributed by atoms with Gasteiger partial charge in [-0.05, 0) is 43.9 Å². The molecule has 1 saturated carbocycles. The summed E-state index contributed by atoms with van der Waals surface area (Å²) in [5.41, 5.74) is 9.30. The van der Waals surface area contributed by atoms with E-state index in [-0.39, 0.29) is 0 Å². The van der Waals surface area contributed by atoms with Crippen LogP contribution >= 0.6 is 0 Å². The molecule has 94 valence electrons. The lowest BCUT2D eigenvalue weighted by Crippen LogP contribution is -2.09. The van der Waals surface area contributed by atoms with Gasteiger partial charge in [0.25, 0.3) is 0 Å². The van der Waals surface area contributed by atoms with Crippen molar-refractivity contribution in [1.29, 1.82) is 0 Å². The largest absolute Gasteiger partial charge is 0.324 e. The summed E-state index contributed by atoms with van der Waals surface area (Å²) in [5, 5.41) is 4.64. The molecule has 1 aromatic heterocycles.